The lowest BCUT2D eigenvalue weighted by Crippen LogP contribution is -2.33. The highest BCUT2D eigenvalue weighted by Gasteiger charge is 2.34. The molecule has 0 bridgehead atoms. The van der Waals surface area contributed by atoms with Gasteiger partial charge in [-0.1, -0.05) is 61.4 Å². The maximum atomic E-state index is 12.7. The number of hydrogen-bond donors (Lipinski definition) is 0. The molecule has 0 atom stereocenters. The van der Waals surface area contributed by atoms with Crippen molar-refractivity contribution in [1.29, 1.82) is 0 Å². The molecule has 0 radical (unpaired) electrons. The van der Waals surface area contributed by atoms with Gasteiger partial charge in [0.1, 0.15) is 12.4 Å². The molecule has 29 heavy (non-hydrogen) atoms. The van der Waals surface area contributed by atoms with Crippen LogP contribution in [-0.2, 0) is 13.2 Å². The third kappa shape index (κ3) is 3.65. The van der Waals surface area contributed by atoms with E-state index in [0.717, 1.165) is 41.8 Å². The van der Waals surface area contributed by atoms with Gasteiger partial charge < -0.3 is 9.64 Å². The molecular formula is C26H25NO2. The van der Waals surface area contributed by atoms with E-state index in [2.05, 4.69) is 53.4 Å². The van der Waals surface area contributed by atoms with Crippen LogP contribution < -0.4 is 4.74 Å². The van der Waals surface area contributed by atoms with Crippen LogP contribution in [0.2, 0.25) is 0 Å². The summed E-state index contributed by atoms with van der Waals surface area (Å²) in [6.07, 6.45) is 4.75. The first-order valence-electron chi connectivity index (χ1n) is 10.5. The standard InChI is InChI=1S/C26H25NO2/c28-26-25-14-13-24(16-22(25)17-27(26)23-11-4-5-12-23)29-18-19-7-6-10-21(15-19)20-8-2-1-3-9-20/h1-3,6-10,13-16,23H,4-5,11-12,17-18H2. The minimum Gasteiger partial charge on any atom is -0.489 e. The second-order valence-corrected chi connectivity index (χ2v) is 8.05. The minimum absolute atomic E-state index is 0.189. The molecule has 3 heteroatoms. The molecule has 0 aromatic heterocycles. The fourth-order valence-corrected chi connectivity index (χ4v) is 4.56. The van der Waals surface area contributed by atoms with Crippen molar-refractivity contribution >= 4 is 5.91 Å². The van der Waals surface area contributed by atoms with Gasteiger partial charge in [0.25, 0.3) is 5.91 Å². The van der Waals surface area contributed by atoms with E-state index in [0.29, 0.717) is 12.6 Å². The first kappa shape index (κ1) is 18.0. The van der Waals surface area contributed by atoms with Gasteiger partial charge in [-0.15, -0.1) is 0 Å². The summed E-state index contributed by atoms with van der Waals surface area (Å²) in [5.41, 5.74) is 5.47. The largest absolute Gasteiger partial charge is 0.489 e. The van der Waals surface area contributed by atoms with Crippen molar-refractivity contribution in [3.63, 3.8) is 0 Å². The van der Waals surface area contributed by atoms with Gasteiger partial charge >= 0.3 is 0 Å². The Balaban J connectivity index is 1.28. The summed E-state index contributed by atoms with van der Waals surface area (Å²) in [7, 11) is 0. The van der Waals surface area contributed by atoms with E-state index in [4.69, 9.17) is 4.74 Å². The minimum atomic E-state index is 0.189. The first-order valence-corrected chi connectivity index (χ1v) is 10.5. The number of hydrogen-bond acceptors (Lipinski definition) is 2. The molecule has 0 saturated heterocycles. The van der Waals surface area contributed by atoms with Gasteiger partial charge in [0.05, 0.1) is 0 Å². The molecule has 1 amide bonds. The maximum absolute atomic E-state index is 12.7. The monoisotopic (exact) mass is 383 g/mol. The number of ether oxygens (including phenoxy) is 1. The molecule has 2 aliphatic rings. The van der Waals surface area contributed by atoms with Crippen LogP contribution in [0.1, 0.15) is 47.2 Å². The molecule has 1 fully saturated rings. The van der Waals surface area contributed by atoms with Gasteiger partial charge in [-0.3, -0.25) is 4.79 Å². The molecule has 146 valence electrons. The molecule has 0 spiro atoms. The van der Waals surface area contributed by atoms with Crippen LogP contribution in [0.5, 0.6) is 5.75 Å². The van der Waals surface area contributed by atoms with Crippen LogP contribution in [0.4, 0.5) is 0 Å². The highest BCUT2D eigenvalue weighted by atomic mass is 16.5. The van der Waals surface area contributed by atoms with Gasteiger partial charge in [0.2, 0.25) is 0 Å². The lowest BCUT2D eigenvalue weighted by molar-refractivity contribution is 0.0707. The van der Waals surface area contributed by atoms with E-state index in [-0.39, 0.29) is 5.91 Å². The van der Waals surface area contributed by atoms with Gasteiger partial charge in [-0.05, 0) is 59.4 Å². The number of rotatable bonds is 5. The Morgan fingerprint density at radius 3 is 2.48 bits per heavy atom. The third-order valence-corrected chi connectivity index (χ3v) is 6.11. The zero-order valence-electron chi connectivity index (χ0n) is 16.5. The van der Waals surface area contributed by atoms with Crippen molar-refractivity contribution in [3.05, 3.63) is 89.5 Å². The zero-order chi connectivity index (χ0) is 19.6. The average Bonchev–Trinajstić information content (AvgIpc) is 3.41. The molecule has 1 aliphatic carbocycles. The summed E-state index contributed by atoms with van der Waals surface area (Å²) in [5.74, 6) is 1.02. The van der Waals surface area contributed by atoms with E-state index in [1.54, 1.807) is 0 Å². The van der Waals surface area contributed by atoms with Crippen LogP contribution in [-0.4, -0.2) is 16.8 Å². The summed E-state index contributed by atoms with van der Waals surface area (Å²) in [5, 5.41) is 0. The summed E-state index contributed by atoms with van der Waals surface area (Å²) in [4.78, 5) is 14.8. The average molecular weight is 383 g/mol. The van der Waals surface area contributed by atoms with E-state index >= 15 is 0 Å². The van der Waals surface area contributed by atoms with Crippen molar-refractivity contribution in [2.75, 3.05) is 0 Å². The summed E-state index contributed by atoms with van der Waals surface area (Å²) >= 11 is 0. The molecule has 1 saturated carbocycles. The van der Waals surface area contributed by atoms with Crippen molar-refractivity contribution in [2.45, 2.75) is 44.9 Å². The second kappa shape index (κ2) is 7.75. The molecule has 5 rings (SSSR count). The molecule has 1 heterocycles. The lowest BCUT2D eigenvalue weighted by Gasteiger charge is -2.23. The van der Waals surface area contributed by atoms with Gasteiger partial charge in [0.15, 0.2) is 0 Å². The highest BCUT2D eigenvalue weighted by molar-refractivity contribution is 5.98. The fourth-order valence-electron chi connectivity index (χ4n) is 4.56. The summed E-state index contributed by atoms with van der Waals surface area (Å²) in [6.45, 7) is 1.24. The Labute approximate surface area is 171 Å². The van der Waals surface area contributed by atoms with Crippen LogP contribution in [0.15, 0.2) is 72.8 Å². The second-order valence-electron chi connectivity index (χ2n) is 8.05. The van der Waals surface area contributed by atoms with E-state index in [1.165, 1.54) is 24.0 Å². The van der Waals surface area contributed by atoms with Gasteiger partial charge in [0, 0.05) is 18.2 Å². The SMILES string of the molecule is O=C1c2ccc(OCc3cccc(-c4ccccc4)c3)cc2CN1C1CCCC1. The van der Waals surface area contributed by atoms with Crippen molar-refractivity contribution < 1.29 is 9.53 Å². The normalized spacial score (nSPS) is 16.3. The third-order valence-electron chi connectivity index (χ3n) is 6.11. The molecule has 1 aliphatic heterocycles. The number of amides is 1. The smallest absolute Gasteiger partial charge is 0.254 e. The number of carbonyl (C=O) groups is 1. The number of fused-ring (bicyclic) bond motifs is 1. The van der Waals surface area contributed by atoms with Crippen LogP contribution in [0, 0.1) is 0 Å². The Hall–Kier alpha value is -3.07. The summed E-state index contributed by atoms with van der Waals surface area (Å²) in [6, 6.07) is 25.2. The Bertz CT molecular complexity index is 1020. The van der Waals surface area contributed by atoms with Crippen molar-refractivity contribution in [3.8, 4) is 16.9 Å². The Kier molecular flexibility index (Phi) is 4.81. The number of nitrogens with zero attached hydrogens (tertiary/aromatic N) is 1. The van der Waals surface area contributed by atoms with Crippen molar-refractivity contribution in [2.24, 2.45) is 0 Å². The van der Waals surface area contributed by atoms with Crippen LogP contribution >= 0.6 is 0 Å². The van der Waals surface area contributed by atoms with E-state index in [1.807, 2.05) is 24.3 Å². The molecule has 0 unspecified atom stereocenters. The van der Waals surface area contributed by atoms with E-state index in [9.17, 15) is 4.79 Å². The number of carbonyl (C=O) groups excluding carboxylic acids is 1. The maximum Gasteiger partial charge on any atom is 0.254 e. The number of benzene rings is 3. The molecule has 3 aromatic carbocycles. The van der Waals surface area contributed by atoms with Gasteiger partial charge in [-0.25, -0.2) is 0 Å². The topological polar surface area (TPSA) is 29.5 Å². The van der Waals surface area contributed by atoms with Crippen molar-refractivity contribution in [1.82, 2.24) is 4.90 Å². The van der Waals surface area contributed by atoms with Gasteiger partial charge in [-0.2, -0.15) is 0 Å². The zero-order valence-corrected chi connectivity index (χ0v) is 16.5. The Morgan fingerprint density at radius 1 is 0.862 bits per heavy atom. The Morgan fingerprint density at radius 2 is 1.66 bits per heavy atom. The molecular weight excluding hydrogens is 358 g/mol. The predicted molar refractivity (Wildman–Crippen MR) is 115 cm³/mol. The molecule has 3 nitrogen and oxygen atoms in total. The van der Waals surface area contributed by atoms with Crippen LogP contribution in [0.25, 0.3) is 11.1 Å². The highest BCUT2D eigenvalue weighted by Crippen LogP contribution is 2.33. The first-order chi connectivity index (χ1) is 14.3. The quantitative estimate of drug-likeness (QED) is 0.555. The van der Waals surface area contributed by atoms with E-state index < -0.39 is 0 Å². The molecule has 0 N–H and O–H groups in total. The summed E-state index contributed by atoms with van der Waals surface area (Å²) < 4.78 is 6.07. The fraction of sp³-hybridized carbons (Fsp3) is 0.269. The predicted octanol–water partition coefficient (Wildman–Crippen LogP) is 5.83. The van der Waals surface area contributed by atoms with Crippen LogP contribution in [0.3, 0.4) is 0 Å². The molecule has 3 aromatic rings. The lowest BCUT2D eigenvalue weighted by atomic mass is 10.0.